The average Bonchev–Trinajstić information content (AvgIpc) is 3.37. The van der Waals surface area contributed by atoms with Gasteiger partial charge in [0.1, 0.15) is 17.9 Å². The SMILES string of the molecule is Cc1nc2ccccc2n1CCNC(=O)CN1C(=O)NC2(CCc3ccccc32)C1=O. The van der Waals surface area contributed by atoms with E-state index in [2.05, 4.69) is 15.6 Å². The van der Waals surface area contributed by atoms with Gasteiger partial charge in [-0.1, -0.05) is 36.4 Å². The molecule has 2 N–H and O–H groups in total. The molecule has 158 valence electrons. The summed E-state index contributed by atoms with van der Waals surface area (Å²) < 4.78 is 2.04. The van der Waals surface area contributed by atoms with Crippen molar-refractivity contribution >= 4 is 28.9 Å². The number of urea groups is 1. The first-order chi connectivity index (χ1) is 15.0. The largest absolute Gasteiger partial charge is 0.353 e. The van der Waals surface area contributed by atoms with E-state index in [1.165, 1.54) is 0 Å². The van der Waals surface area contributed by atoms with Crippen LogP contribution in [0.5, 0.6) is 0 Å². The summed E-state index contributed by atoms with van der Waals surface area (Å²) in [6.07, 6.45) is 1.24. The Morgan fingerprint density at radius 3 is 2.81 bits per heavy atom. The zero-order valence-corrected chi connectivity index (χ0v) is 17.2. The molecule has 1 saturated heterocycles. The molecular formula is C23H23N5O3. The van der Waals surface area contributed by atoms with E-state index in [4.69, 9.17) is 0 Å². The number of benzene rings is 2. The van der Waals surface area contributed by atoms with Gasteiger partial charge in [-0.15, -0.1) is 0 Å². The maximum absolute atomic E-state index is 13.1. The molecule has 3 aromatic rings. The Labute approximate surface area is 179 Å². The zero-order chi connectivity index (χ0) is 21.6. The normalized spacial score (nSPS) is 19.8. The number of imide groups is 1. The quantitative estimate of drug-likeness (QED) is 0.620. The Hall–Kier alpha value is -3.68. The minimum atomic E-state index is -1.04. The summed E-state index contributed by atoms with van der Waals surface area (Å²) >= 11 is 0. The van der Waals surface area contributed by atoms with Crippen molar-refractivity contribution in [2.24, 2.45) is 0 Å². The number of nitrogens with one attached hydrogen (secondary N) is 2. The molecule has 8 heteroatoms. The Kier molecular flexibility index (Phi) is 4.50. The molecule has 0 saturated carbocycles. The zero-order valence-electron chi connectivity index (χ0n) is 17.2. The van der Waals surface area contributed by atoms with Gasteiger partial charge < -0.3 is 15.2 Å². The fourth-order valence-corrected chi connectivity index (χ4v) is 4.72. The van der Waals surface area contributed by atoms with Crippen LogP contribution in [0.2, 0.25) is 0 Å². The van der Waals surface area contributed by atoms with E-state index in [1.54, 1.807) is 0 Å². The number of aryl methyl sites for hydroxylation is 2. The number of imidazole rings is 1. The van der Waals surface area contributed by atoms with E-state index in [-0.39, 0.29) is 18.4 Å². The maximum Gasteiger partial charge on any atom is 0.325 e. The summed E-state index contributed by atoms with van der Waals surface area (Å²) in [5, 5.41) is 5.66. The van der Waals surface area contributed by atoms with Crippen LogP contribution in [-0.2, 0) is 28.1 Å². The molecule has 8 nitrogen and oxygen atoms in total. The molecule has 1 aromatic heterocycles. The molecule has 4 amide bonds. The van der Waals surface area contributed by atoms with E-state index in [0.717, 1.165) is 39.3 Å². The number of hydrogen-bond acceptors (Lipinski definition) is 4. The van der Waals surface area contributed by atoms with Gasteiger partial charge in [0, 0.05) is 13.1 Å². The number of amides is 4. The molecule has 31 heavy (non-hydrogen) atoms. The minimum Gasteiger partial charge on any atom is -0.353 e. The standard InChI is InChI=1S/C23H23N5O3/c1-15-25-18-8-4-5-9-19(18)27(15)13-12-24-20(29)14-28-21(30)23(26-22(28)31)11-10-16-6-2-3-7-17(16)23/h2-9H,10-14H2,1H3,(H,24,29)(H,26,31). The lowest BCUT2D eigenvalue weighted by Crippen LogP contribution is -2.44. The summed E-state index contributed by atoms with van der Waals surface area (Å²) in [7, 11) is 0. The van der Waals surface area contributed by atoms with Gasteiger partial charge in [0.25, 0.3) is 5.91 Å². The number of nitrogens with zero attached hydrogens (tertiary/aromatic N) is 3. The monoisotopic (exact) mass is 417 g/mol. The first-order valence-corrected chi connectivity index (χ1v) is 10.4. The molecule has 1 atom stereocenters. The highest BCUT2D eigenvalue weighted by atomic mass is 16.2. The van der Waals surface area contributed by atoms with Crippen molar-refractivity contribution < 1.29 is 14.4 Å². The maximum atomic E-state index is 13.1. The number of para-hydroxylation sites is 2. The number of rotatable bonds is 5. The Morgan fingerprint density at radius 2 is 1.94 bits per heavy atom. The fraction of sp³-hybridized carbons (Fsp3) is 0.304. The molecule has 1 unspecified atom stereocenters. The lowest BCUT2D eigenvalue weighted by Gasteiger charge is -2.22. The second-order valence-corrected chi connectivity index (χ2v) is 8.03. The van der Waals surface area contributed by atoms with Crippen LogP contribution in [0.3, 0.4) is 0 Å². The third-order valence-electron chi connectivity index (χ3n) is 6.23. The highest BCUT2D eigenvalue weighted by Gasteiger charge is 2.55. The number of aromatic nitrogens is 2. The van der Waals surface area contributed by atoms with Crippen LogP contribution in [-0.4, -0.2) is 45.4 Å². The molecule has 1 fully saturated rings. The summed E-state index contributed by atoms with van der Waals surface area (Å²) in [5.41, 5.74) is 2.77. The van der Waals surface area contributed by atoms with Gasteiger partial charge >= 0.3 is 6.03 Å². The summed E-state index contributed by atoms with van der Waals surface area (Å²) in [6.45, 7) is 2.55. The number of carbonyl (C=O) groups is 3. The number of carbonyl (C=O) groups excluding carboxylic acids is 3. The van der Waals surface area contributed by atoms with E-state index in [0.29, 0.717) is 19.5 Å². The van der Waals surface area contributed by atoms with Gasteiger partial charge in [0.15, 0.2) is 0 Å². The van der Waals surface area contributed by atoms with Crippen LogP contribution < -0.4 is 10.6 Å². The molecular weight excluding hydrogens is 394 g/mol. The third-order valence-corrected chi connectivity index (χ3v) is 6.23. The molecule has 1 aliphatic heterocycles. The van der Waals surface area contributed by atoms with Gasteiger partial charge in [0.2, 0.25) is 5.91 Å². The van der Waals surface area contributed by atoms with E-state index >= 15 is 0 Å². The highest BCUT2D eigenvalue weighted by Crippen LogP contribution is 2.41. The van der Waals surface area contributed by atoms with Gasteiger partial charge in [-0.3, -0.25) is 14.5 Å². The molecule has 2 heterocycles. The van der Waals surface area contributed by atoms with Crippen molar-refractivity contribution in [3.8, 4) is 0 Å². The summed E-state index contributed by atoms with van der Waals surface area (Å²) in [6, 6.07) is 14.9. The lowest BCUT2D eigenvalue weighted by molar-refractivity contribution is -0.135. The lowest BCUT2D eigenvalue weighted by atomic mass is 9.92. The summed E-state index contributed by atoms with van der Waals surface area (Å²) in [5.74, 6) is 0.148. The van der Waals surface area contributed by atoms with Gasteiger partial charge in [-0.05, 0) is 43.0 Å². The van der Waals surface area contributed by atoms with Crippen molar-refractivity contribution in [1.82, 2.24) is 25.1 Å². The molecule has 0 bridgehead atoms. The predicted octanol–water partition coefficient (Wildman–Crippen LogP) is 1.85. The Bertz CT molecular complexity index is 1220. The van der Waals surface area contributed by atoms with Crippen LogP contribution in [0.4, 0.5) is 4.79 Å². The van der Waals surface area contributed by atoms with Crippen molar-refractivity contribution in [3.05, 3.63) is 65.5 Å². The smallest absolute Gasteiger partial charge is 0.325 e. The molecule has 5 rings (SSSR count). The molecule has 1 aliphatic carbocycles. The molecule has 1 spiro atoms. The second kappa shape index (κ2) is 7.23. The van der Waals surface area contributed by atoms with Crippen molar-refractivity contribution in [2.75, 3.05) is 13.1 Å². The summed E-state index contributed by atoms with van der Waals surface area (Å²) in [4.78, 5) is 43.7. The van der Waals surface area contributed by atoms with Crippen LogP contribution in [0, 0.1) is 6.92 Å². The third kappa shape index (κ3) is 3.06. The predicted molar refractivity (Wildman–Crippen MR) is 114 cm³/mol. The number of fused-ring (bicyclic) bond motifs is 3. The van der Waals surface area contributed by atoms with Crippen LogP contribution in [0.15, 0.2) is 48.5 Å². The number of hydrogen-bond donors (Lipinski definition) is 2. The topological polar surface area (TPSA) is 96.3 Å². The van der Waals surface area contributed by atoms with Gasteiger partial charge in [-0.2, -0.15) is 0 Å². The van der Waals surface area contributed by atoms with Crippen molar-refractivity contribution in [1.29, 1.82) is 0 Å². The van der Waals surface area contributed by atoms with Crippen LogP contribution in [0.25, 0.3) is 11.0 Å². The first kappa shape index (κ1) is 19.3. The van der Waals surface area contributed by atoms with Gasteiger partial charge in [-0.25, -0.2) is 9.78 Å². The van der Waals surface area contributed by atoms with E-state index < -0.39 is 11.6 Å². The second-order valence-electron chi connectivity index (χ2n) is 8.03. The van der Waals surface area contributed by atoms with E-state index in [1.807, 2.05) is 60.0 Å². The molecule has 0 radical (unpaired) electrons. The first-order valence-electron chi connectivity index (χ1n) is 10.4. The Balaban J connectivity index is 1.23. The fourth-order valence-electron chi connectivity index (χ4n) is 4.72. The van der Waals surface area contributed by atoms with Crippen molar-refractivity contribution in [2.45, 2.75) is 31.8 Å². The van der Waals surface area contributed by atoms with Crippen LogP contribution >= 0.6 is 0 Å². The van der Waals surface area contributed by atoms with Gasteiger partial charge in [0.05, 0.1) is 11.0 Å². The van der Waals surface area contributed by atoms with E-state index in [9.17, 15) is 14.4 Å². The van der Waals surface area contributed by atoms with Crippen molar-refractivity contribution in [3.63, 3.8) is 0 Å². The minimum absolute atomic E-state index is 0.293. The molecule has 2 aliphatic rings. The molecule has 2 aromatic carbocycles. The highest BCUT2D eigenvalue weighted by molar-refractivity contribution is 6.09. The Morgan fingerprint density at radius 1 is 1.16 bits per heavy atom. The average molecular weight is 417 g/mol. The van der Waals surface area contributed by atoms with Crippen LogP contribution in [0.1, 0.15) is 23.4 Å².